The number of aliphatic hydroxyl groups excluding tert-OH is 1. The number of hydrogen-bond donors (Lipinski definition) is 1. The topological polar surface area (TPSA) is 72.0 Å². The van der Waals surface area contributed by atoms with Gasteiger partial charge in [0.2, 0.25) is 11.7 Å². The molecular formula is C11H15N3O2S. The summed E-state index contributed by atoms with van der Waals surface area (Å²) in [6.07, 6.45) is 0.697. The molecule has 0 aliphatic rings. The lowest BCUT2D eigenvalue weighted by Crippen LogP contribution is -2.13. The molecule has 0 spiro atoms. The number of thiazole rings is 1. The Morgan fingerprint density at radius 1 is 1.47 bits per heavy atom. The molecule has 92 valence electrons. The van der Waals surface area contributed by atoms with Gasteiger partial charge >= 0.3 is 0 Å². The highest BCUT2D eigenvalue weighted by atomic mass is 32.1. The van der Waals surface area contributed by atoms with Crippen molar-refractivity contribution in [3.05, 3.63) is 16.8 Å². The van der Waals surface area contributed by atoms with E-state index in [1.165, 1.54) is 11.3 Å². The summed E-state index contributed by atoms with van der Waals surface area (Å²) in [6.45, 7) is 4.13. The quantitative estimate of drug-likeness (QED) is 0.883. The van der Waals surface area contributed by atoms with Crippen LogP contribution in [0.15, 0.2) is 15.4 Å². The van der Waals surface area contributed by atoms with E-state index in [1.54, 1.807) is 5.51 Å². The zero-order chi connectivity index (χ0) is 12.3. The summed E-state index contributed by atoms with van der Waals surface area (Å²) in [4.78, 5) is 8.30. The van der Waals surface area contributed by atoms with Gasteiger partial charge in [0.25, 0.3) is 0 Å². The Bertz CT molecular complexity index is 453. The standard InChI is InChI=1S/C11H15N3O2S/c1-7(2)3-8(15)4-10-13-11(14-16-10)9-5-17-6-12-9/h5-8,15H,3-4H2,1-2H3. The molecule has 6 heteroatoms. The van der Waals surface area contributed by atoms with Crippen LogP contribution in [0.2, 0.25) is 0 Å². The largest absolute Gasteiger partial charge is 0.393 e. The van der Waals surface area contributed by atoms with Gasteiger partial charge in [-0.25, -0.2) is 4.98 Å². The number of nitrogens with zero attached hydrogens (tertiary/aromatic N) is 3. The van der Waals surface area contributed by atoms with Crippen molar-refractivity contribution in [1.82, 2.24) is 15.1 Å². The first-order valence-corrected chi connectivity index (χ1v) is 6.48. The van der Waals surface area contributed by atoms with Gasteiger partial charge in [-0.2, -0.15) is 4.98 Å². The van der Waals surface area contributed by atoms with Crippen LogP contribution in [0.25, 0.3) is 11.5 Å². The van der Waals surface area contributed by atoms with Gasteiger partial charge in [0, 0.05) is 5.38 Å². The van der Waals surface area contributed by atoms with E-state index in [2.05, 4.69) is 29.0 Å². The first kappa shape index (κ1) is 12.2. The summed E-state index contributed by atoms with van der Waals surface area (Å²) < 4.78 is 5.08. The van der Waals surface area contributed by atoms with Gasteiger partial charge in [0.05, 0.1) is 18.0 Å². The van der Waals surface area contributed by atoms with E-state index in [-0.39, 0.29) is 0 Å². The van der Waals surface area contributed by atoms with E-state index in [4.69, 9.17) is 4.52 Å². The molecule has 1 N–H and O–H groups in total. The fourth-order valence-electron chi connectivity index (χ4n) is 1.59. The minimum atomic E-state index is -0.432. The molecule has 0 aliphatic heterocycles. The summed E-state index contributed by atoms with van der Waals surface area (Å²) in [7, 11) is 0. The zero-order valence-electron chi connectivity index (χ0n) is 9.83. The third-order valence-corrected chi connectivity index (χ3v) is 2.87. The lowest BCUT2D eigenvalue weighted by molar-refractivity contribution is 0.138. The smallest absolute Gasteiger partial charge is 0.229 e. The average molecular weight is 253 g/mol. The minimum Gasteiger partial charge on any atom is -0.393 e. The second-order valence-corrected chi connectivity index (χ2v) is 5.09. The van der Waals surface area contributed by atoms with Gasteiger partial charge in [-0.3, -0.25) is 0 Å². The van der Waals surface area contributed by atoms with Crippen LogP contribution in [0.5, 0.6) is 0 Å². The number of aliphatic hydroxyl groups is 1. The van der Waals surface area contributed by atoms with E-state index in [0.717, 1.165) is 6.42 Å². The maximum atomic E-state index is 9.77. The molecule has 0 saturated heterocycles. The van der Waals surface area contributed by atoms with Gasteiger partial charge in [-0.05, 0) is 12.3 Å². The molecule has 17 heavy (non-hydrogen) atoms. The first-order valence-electron chi connectivity index (χ1n) is 5.54. The van der Waals surface area contributed by atoms with Crippen molar-refractivity contribution in [2.45, 2.75) is 32.8 Å². The molecule has 0 fully saturated rings. The number of rotatable bonds is 5. The number of aromatic nitrogens is 3. The monoisotopic (exact) mass is 253 g/mol. The zero-order valence-corrected chi connectivity index (χ0v) is 10.6. The van der Waals surface area contributed by atoms with Crippen LogP contribution in [0.3, 0.4) is 0 Å². The van der Waals surface area contributed by atoms with Crippen LogP contribution in [0, 0.1) is 5.92 Å². The maximum Gasteiger partial charge on any atom is 0.229 e. The van der Waals surface area contributed by atoms with Crippen LogP contribution < -0.4 is 0 Å². The third-order valence-electron chi connectivity index (χ3n) is 2.28. The van der Waals surface area contributed by atoms with Gasteiger partial charge < -0.3 is 9.63 Å². The van der Waals surface area contributed by atoms with E-state index in [1.807, 2.05) is 5.38 Å². The Labute approximate surface area is 104 Å². The molecular weight excluding hydrogens is 238 g/mol. The highest BCUT2D eigenvalue weighted by molar-refractivity contribution is 7.07. The molecule has 0 radical (unpaired) electrons. The van der Waals surface area contributed by atoms with E-state index < -0.39 is 6.10 Å². The third kappa shape index (κ3) is 3.34. The Balaban J connectivity index is 1.99. The molecule has 2 rings (SSSR count). The van der Waals surface area contributed by atoms with Gasteiger partial charge in [-0.1, -0.05) is 19.0 Å². The maximum absolute atomic E-state index is 9.77. The Morgan fingerprint density at radius 2 is 2.29 bits per heavy atom. The number of hydrogen-bond acceptors (Lipinski definition) is 6. The molecule has 1 atom stereocenters. The molecule has 2 heterocycles. The molecule has 2 aromatic rings. The van der Waals surface area contributed by atoms with Crippen molar-refractivity contribution in [3.8, 4) is 11.5 Å². The molecule has 5 nitrogen and oxygen atoms in total. The van der Waals surface area contributed by atoms with Crippen LogP contribution in [-0.2, 0) is 6.42 Å². The van der Waals surface area contributed by atoms with Gasteiger partial charge in [-0.15, -0.1) is 11.3 Å². The minimum absolute atomic E-state index is 0.398. The van der Waals surface area contributed by atoms with Crippen LogP contribution in [-0.4, -0.2) is 26.3 Å². The van der Waals surface area contributed by atoms with Crippen molar-refractivity contribution in [1.29, 1.82) is 0 Å². The summed E-state index contributed by atoms with van der Waals surface area (Å²) in [5, 5.41) is 15.5. The van der Waals surface area contributed by atoms with Crippen molar-refractivity contribution < 1.29 is 9.63 Å². The molecule has 0 bridgehead atoms. The summed E-state index contributed by atoms with van der Waals surface area (Å²) in [5.74, 6) is 1.39. The Morgan fingerprint density at radius 3 is 2.94 bits per heavy atom. The molecule has 0 amide bonds. The summed E-state index contributed by atoms with van der Waals surface area (Å²) in [6, 6.07) is 0. The highest BCUT2D eigenvalue weighted by Gasteiger charge is 2.15. The predicted molar refractivity (Wildman–Crippen MR) is 64.6 cm³/mol. The lowest BCUT2D eigenvalue weighted by atomic mass is 10.0. The molecule has 2 aromatic heterocycles. The van der Waals surface area contributed by atoms with E-state index in [0.29, 0.717) is 29.7 Å². The average Bonchev–Trinajstić information content (AvgIpc) is 2.84. The summed E-state index contributed by atoms with van der Waals surface area (Å²) in [5.41, 5.74) is 2.43. The fraction of sp³-hybridized carbons (Fsp3) is 0.545. The van der Waals surface area contributed by atoms with Gasteiger partial charge in [0.1, 0.15) is 5.69 Å². The van der Waals surface area contributed by atoms with Crippen molar-refractivity contribution in [2.75, 3.05) is 0 Å². The fourth-order valence-corrected chi connectivity index (χ4v) is 2.12. The normalized spacial score (nSPS) is 13.2. The van der Waals surface area contributed by atoms with Crippen LogP contribution in [0.1, 0.15) is 26.2 Å². The second-order valence-electron chi connectivity index (χ2n) is 4.37. The Hall–Kier alpha value is -1.27. The molecule has 0 saturated carbocycles. The van der Waals surface area contributed by atoms with Crippen molar-refractivity contribution in [3.63, 3.8) is 0 Å². The summed E-state index contributed by atoms with van der Waals surface area (Å²) >= 11 is 1.48. The Kier molecular flexibility index (Phi) is 3.86. The van der Waals surface area contributed by atoms with Crippen LogP contribution in [0.4, 0.5) is 0 Å². The van der Waals surface area contributed by atoms with Crippen molar-refractivity contribution >= 4 is 11.3 Å². The highest BCUT2D eigenvalue weighted by Crippen LogP contribution is 2.16. The first-order chi connectivity index (χ1) is 8.15. The molecule has 1 unspecified atom stereocenters. The molecule has 0 aromatic carbocycles. The van der Waals surface area contributed by atoms with E-state index >= 15 is 0 Å². The van der Waals surface area contributed by atoms with E-state index in [9.17, 15) is 5.11 Å². The SMILES string of the molecule is CC(C)CC(O)Cc1nc(-c2cscn2)no1. The lowest BCUT2D eigenvalue weighted by Gasteiger charge is -2.09. The molecule has 0 aliphatic carbocycles. The van der Waals surface area contributed by atoms with Crippen molar-refractivity contribution in [2.24, 2.45) is 5.92 Å². The second kappa shape index (κ2) is 5.37. The van der Waals surface area contributed by atoms with Crippen LogP contribution >= 0.6 is 11.3 Å². The van der Waals surface area contributed by atoms with Gasteiger partial charge in [0.15, 0.2) is 0 Å². The predicted octanol–water partition coefficient (Wildman–Crippen LogP) is 2.14.